The van der Waals surface area contributed by atoms with Gasteiger partial charge in [-0.1, -0.05) is 6.07 Å². The number of pyridine rings is 1. The van der Waals surface area contributed by atoms with Gasteiger partial charge < -0.3 is 10.6 Å². The molecule has 2 atom stereocenters. The summed E-state index contributed by atoms with van der Waals surface area (Å²) in [7, 11) is -3.89. The Kier molecular flexibility index (Phi) is 6.65. The van der Waals surface area contributed by atoms with E-state index in [-0.39, 0.29) is 16.8 Å². The van der Waals surface area contributed by atoms with Crippen LogP contribution in [0.5, 0.6) is 0 Å². The van der Waals surface area contributed by atoms with E-state index in [1.807, 2.05) is 6.07 Å². The van der Waals surface area contributed by atoms with Crippen molar-refractivity contribution < 1.29 is 18.0 Å². The summed E-state index contributed by atoms with van der Waals surface area (Å²) in [6, 6.07) is 7.97. The molecule has 0 aliphatic carbocycles. The number of carbonyl (C=O) groups excluding carboxylic acids is 2. The first-order valence-electron chi connectivity index (χ1n) is 8.29. The third-order valence-corrected chi connectivity index (χ3v) is 5.31. The van der Waals surface area contributed by atoms with Gasteiger partial charge in [0.1, 0.15) is 0 Å². The van der Waals surface area contributed by atoms with Gasteiger partial charge in [0.15, 0.2) is 0 Å². The minimum absolute atomic E-state index is 0.00319. The Labute approximate surface area is 158 Å². The summed E-state index contributed by atoms with van der Waals surface area (Å²) in [6.45, 7) is 4.62. The molecule has 0 bridgehead atoms. The van der Waals surface area contributed by atoms with E-state index < -0.39 is 22.0 Å². The van der Waals surface area contributed by atoms with Crippen molar-refractivity contribution in [3.8, 4) is 0 Å². The third-order valence-electron chi connectivity index (χ3n) is 3.75. The number of rotatable bonds is 7. The van der Waals surface area contributed by atoms with Gasteiger partial charge in [-0.3, -0.25) is 14.6 Å². The number of benzene rings is 1. The predicted molar refractivity (Wildman–Crippen MR) is 101 cm³/mol. The molecule has 0 aliphatic rings. The van der Waals surface area contributed by atoms with Gasteiger partial charge in [-0.15, -0.1) is 0 Å². The molecule has 27 heavy (non-hydrogen) atoms. The number of amides is 2. The zero-order chi connectivity index (χ0) is 20.0. The predicted octanol–water partition coefficient (Wildman–Crippen LogP) is 1.58. The molecule has 144 valence electrons. The maximum absolute atomic E-state index is 12.4. The maximum atomic E-state index is 12.4. The Balaban J connectivity index is 2.01. The van der Waals surface area contributed by atoms with E-state index in [1.54, 1.807) is 25.4 Å². The van der Waals surface area contributed by atoms with Gasteiger partial charge in [0.25, 0.3) is 0 Å². The molecule has 1 unspecified atom stereocenters. The minimum atomic E-state index is -3.89. The van der Waals surface area contributed by atoms with E-state index in [0.29, 0.717) is 5.69 Å². The van der Waals surface area contributed by atoms with Gasteiger partial charge in [-0.25, -0.2) is 8.42 Å². The van der Waals surface area contributed by atoms with Gasteiger partial charge >= 0.3 is 0 Å². The third kappa shape index (κ3) is 5.87. The van der Waals surface area contributed by atoms with Crippen LogP contribution in [0.15, 0.2) is 53.7 Å². The van der Waals surface area contributed by atoms with Crippen molar-refractivity contribution in [3.63, 3.8) is 0 Å². The van der Waals surface area contributed by atoms with Gasteiger partial charge in [-0.05, 0) is 49.7 Å². The number of aromatic nitrogens is 1. The normalized spacial score (nSPS) is 13.4. The molecule has 3 N–H and O–H groups in total. The summed E-state index contributed by atoms with van der Waals surface area (Å²) in [5, 5.41) is 5.30. The Morgan fingerprint density at radius 1 is 1.07 bits per heavy atom. The van der Waals surface area contributed by atoms with Crippen LogP contribution in [0, 0.1) is 0 Å². The number of sulfonamides is 1. The van der Waals surface area contributed by atoms with Crippen molar-refractivity contribution in [1.82, 2.24) is 15.0 Å². The fourth-order valence-electron chi connectivity index (χ4n) is 2.33. The van der Waals surface area contributed by atoms with Crippen molar-refractivity contribution in [2.45, 2.75) is 37.8 Å². The van der Waals surface area contributed by atoms with Crippen LogP contribution in [0.1, 0.15) is 32.4 Å². The highest BCUT2D eigenvalue weighted by Crippen LogP contribution is 2.15. The monoisotopic (exact) mass is 390 g/mol. The molecular weight excluding hydrogens is 368 g/mol. The Bertz CT molecular complexity index is 899. The molecular formula is C18H22N4O4S. The quantitative estimate of drug-likeness (QED) is 0.664. The number of carbonyl (C=O) groups is 2. The minimum Gasteiger partial charge on any atom is -0.348 e. The first-order chi connectivity index (χ1) is 12.7. The molecule has 9 heteroatoms. The second-order valence-corrected chi connectivity index (χ2v) is 7.78. The highest BCUT2D eigenvalue weighted by Gasteiger charge is 2.23. The maximum Gasteiger partial charge on any atom is 0.241 e. The first-order valence-corrected chi connectivity index (χ1v) is 9.77. The SMILES string of the molecule is CC(=O)Nc1ccc(S(=O)(=O)N[C@@H](C)C(=O)NC(C)c2cccnc2)cc1. The zero-order valence-electron chi connectivity index (χ0n) is 15.3. The van der Waals surface area contributed by atoms with Crippen LogP contribution >= 0.6 is 0 Å². The fourth-order valence-corrected chi connectivity index (χ4v) is 3.53. The number of nitrogens with one attached hydrogen (secondary N) is 3. The van der Waals surface area contributed by atoms with Crippen LogP contribution in [0.2, 0.25) is 0 Å². The van der Waals surface area contributed by atoms with Crippen molar-refractivity contribution in [2.24, 2.45) is 0 Å². The summed E-state index contributed by atoms with van der Waals surface area (Å²) in [4.78, 5) is 27.3. The highest BCUT2D eigenvalue weighted by atomic mass is 32.2. The number of nitrogens with zero attached hydrogens (tertiary/aromatic N) is 1. The van der Waals surface area contributed by atoms with Crippen LogP contribution in [-0.2, 0) is 19.6 Å². The van der Waals surface area contributed by atoms with E-state index >= 15 is 0 Å². The number of hydrogen-bond acceptors (Lipinski definition) is 5. The van der Waals surface area contributed by atoms with E-state index in [1.165, 1.54) is 38.1 Å². The van der Waals surface area contributed by atoms with Crippen molar-refractivity contribution >= 4 is 27.5 Å². The van der Waals surface area contributed by atoms with Gasteiger partial charge in [-0.2, -0.15) is 4.72 Å². The number of hydrogen-bond donors (Lipinski definition) is 3. The number of anilines is 1. The lowest BCUT2D eigenvalue weighted by atomic mass is 10.1. The second kappa shape index (κ2) is 8.74. The molecule has 2 amide bonds. The van der Waals surface area contributed by atoms with Gasteiger partial charge in [0.05, 0.1) is 17.0 Å². The Morgan fingerprint density at radius 2 is 1.74 bits per heavy atom. The largest absolute Gasteiger partial charge is 0.348 e. The molecule has 0 aliphatic heterocycles. The lowest BCUT2D eigenvalue weighted by Gasteiger charge is -2.18. The summed E-state index contributed by atoms with van der Waals surface area (Å²) < 4.78 is 27.2. The van der Waals surface area contributed by atoms with Crippen molar-refractivity contribution in [1.29, 1.82) is 0 Å². The molecule has 8 nitrogen and oxygen atoms in total. The van der Waals surface area contributed by atoms with E-state index in [2.05, 4.69) is 20.3 Å². The van der Waals surface area contributed by atoms with Crippen LogP contribution in [0.4, 0.5) is 5.69 Å². The zero-order valence-corrected chi connectivity index (χ0v) is 16.1. The molecule has 1 aromatic heterocycles. The fraction of sp³-hybridized carbons (Fsp3) is 0.278. The average Bonchev–Trinajstić information content (AvgIpc) is 2.62. The van der Waals surface area contributed by atoms with Gasteiger partial charge in [0, 0.05) is 25.0 Å². The van der Waals surface area contributed by atoms with Crippen LogP contribution in [0.25, 0.3) is 0 Å². The molecule has 0 saturated heterocycles. The lowest BCUT2D eigenvalue weighted by Crippen LogP contribution is -2.45. The second-order valence-electron chi connectivity index (χ2n) is 6.07. The summed E-state index contributed by atoms with van der Waals surface area (Å²) in [5.74, 6) is -0.707. The Morgan fingerprint density at radius 3 is 2.30 bits per heavy atom. The molecule has 2 rings (SSSR count). The summed E-state index contributed by atoms with van der Waals surface area (Å²) in [5.41, 5.74) is 1.30. The van der Waals surface area contributed by atoms with Crippen molar-refractivity contribution in [2.75, 3.05) is 5.32 Å². The topological polar surface area (TPSA) is 117 Å². The Hall–Kier alpha value is -2.78. The summed E-state index contributed by atoms with van der Waals surface area (Å²) >= 11 is 0. The molecule has 0 saturated carbocycles. The van der Waals surface area contributed by atoms with E-state index in [4.69, 9.17) is 0 Å². The van der Waals surface area contributed by atoms with Crippen LogP contribution < -0.4 is 15.4 Å². The van der Waals surface area contributed by atoms with Crippen LogP contribution in [-0.4, -0.2) is 31.3 Å². The molecule has 1 aromatic carbocycles. The smallest absolute Gasteiger partial charge is 0.241 e. The van der Waals surface area contributed by atoms with Crippen LogP contribution in [0.3, 0.4) is 0 Å². The molecule has 2 aromatic rings. The van der Waals surface area contributed by atoms with E-state index in [0.717, 1.165) is 5.56 Å². The van der Waals surface area contributed by atoms with Crippen molar-refractivity contribution in [3.05, 3.63) is 54.4 Å². The molecule has 0 fully saturated rings. The highest BCUT2D eigenvalue weighted by molar-refractivity contribution is 7.89. The standard InChI is InChI=1S/C18H22N4O4S/c1-12(15-5-4-10-19-11-15)20-18(24)13(2)22-27(25,26)17-8-6-16(7-9-17)21-14(3)23/h4-13,22H,1-3H3,(H,20,24)(H,21,23)/t12?,13-/m0/s1. The van der Waals surface area contributed by atoms with E-state index in [9.17, 15) is 18.0 Å². The average molecular weight is 390 g/mol. The molecule has 0 radical (unpaired) electrons. The first kappa shape index (κ1) is 20.5. The lowest BCUT2D eigenvalue weighted by molar-refractivity contribution is -0.123. The molecule has 1 heterocycles. The summed E-state index contributed by atoms with van der Waals surface area (Å²) in [6.07, 6.45) is 3.27. The molecule has 0 spiro atoms. The van der Waals surface area contributed by atoms with Gasteiger partial charge in [0.2, 0.25) is 21.8 Å².